The Hall–Kier alpha value is -1.16. The van der Waals surface area contributed by atoms with E-state index in [0.29, 0.717) is 6.61 Å². The van der Waals surface area contributed by atoms with Gasteiger partial charge in [-0.1, -0.05) is 6.08 Å². The van der Waals surface area contributed by atoms with Crippen LogP contribution in [-0.4, -0.2) is 32.1 Å². The van der Waals surface area contributed by atoms with E-state index in [0.717, 1.165) is 0 Å². The number of hydrogen-bond donors (Lipinski definition) is 0. The third-order valence-corrected chi connectivity index (χ3v) is 2.42. The van der Waals surface area contributed by atoms with Crippen molar-refractivity contribution in [2.75, 3.05) is 20.3 Å². The van der Waals surface area contributed by atoms with Gasteiger partial charge >= 0.3 is 5.97 Å². The van der Waals surface area contributed by atoms with E-state index in [1.165, 1.54) is 7.11 Å². The van der Waals surface area contributed by atoms with Gasteiger partial charge in [0, 0.05) is 6.42 Å². The first-order valence-corrected chi connectivity index (χ1v) is 4.48. The Balaban J connectivity index is 2.93. The molecule has 78 valence electrons. The minimum atomic E-state index is -1.14. The normalized spacial score (nSPS) is 27.1. The zero-order valence-corrected chi connectivity index (χ0v) is 8.25. The molecule has 0 N–H and O–H groups in total. The molecule has 1 saturated heterocycles. The highest BCUT2D eigenvalue weighted by molar-refractivity contribution is 6.04. The van der Waals surface area contributed by atoms with Crippen molar-refractivity contribution < 1.29 is 19.1 Å². The highest BCUT2D eigenvalue weighted by atomic mass is 16.5. The monoisotopic (exact) mass is 198 g/mol. The smallest absolute Gasteiger partial charge is 0.322 e. The molecule has 1 fully saturated rings. The van der Waals surface area contributed by atoms with Crippen molar-refractivity contribution in [2.24, 2.45) is 5.41 Å². The van der Waals surface area contributed by atoms with Gasteiger partial charge in [0.2, 0.25) is 0 Å². The topological polar surface area (TPSA) is 52.6 Å². The number of carbonyl (C=O) groups is 2. The number of Topliss-reactive ketones (excluding diaryl/α,β-unsaturated/α-hetero) is 1. The summed E-state index contributed by atoms with van der Waals surface area (Å²) in [6.45, 7) is 4.02. The van der Waals surface area contributed by atoms with Gasteiger partial charge in [-0.3, -0.25) is 9.59 Å². The third kappa shape index (κ3) is 1.70. The van der Waals surface area contributed by atoms with Gasteiger partial charge in [-0.2, -0.15) is 0 Å². The fraction of sp³-hybridized carbons (Fsp3) is 0.600. The highest BCUT2D eigenvalue weighted by Crippen LogP contribution is 2.30. The van der Waals surface area contributed by atoms with Crippen LogP contribution in [0.15, 0.2) is 12.7 Å². The van der Waals surface area contributed by atoms with E-state index >= 15 is 0 Å². The molecule has 0 aromatic carbocycles. The third-order valence-electron chi connectivity index (χ3n) is 2.42. The number of esters is 1. The summed E-state index contributed by atoms with van der Waals surface area (Å²) in [5.41, 5.74) is -1.14. The summed E-state index contributed by atoms with van der Waals surface area (Å²) in [6.07, 6.45) is 2.09. The van der Waals surface area contributed by atoms with Gasteiger partial charge in [-0.15, -0.1) is 6.58 Å². The van der Waals surface area contributed by atoms with Crippen LogP contribution < -0.4 is 0 Å². The minimum absolute atomic E-state index is 0.102. The minimum Gasteiger partial charge on any atom is -0.468 e. The van der Waals surface area contributed by atoms with E-state index < -0.39 is 11.4 Å². The lowest BCUT2D eigenvalue weighted by molar-refractivity contribution is -0.166. The molecular formula is C10H14O4. The fourth-order valence-corrected chi connectivity index (χ4v) is 1.60. The summed E-state index contributed by atoms with van der Waals surface area (Å²) < 4.78 is 9.79. The van der Waals surface area contributed by atoms with Gasteiger partial charge in [0.15, 0.2) is 11.2 Å². The van der Waals surface area contributed by atoms with Crippen molar-refractivity contribution in [2.45, 2.75) is 12.8 Å². The Kier molecular flexibility index (Phi) is 3.41. The molecule has 1 aliphatic rings. The van der Waals surface area contributed by atoms with Crippen molar-refractivity contribution >= 4 is 11.8 Å². The number of rotatable bonds is 3. The molecule has 4 heteroatoms. The average Bonchev–Trinajstić information content (AvgIpc) is 2.20. The van der Waals surface area contributed by atoms with E-state index in [1.54, 1.807) is 6.08 Å². The van der Waals surface area contributed by atoms with Gasteiger partial charge in [0.25, 0.3) is 0 Å². The largest absolute Gasteiger partial charge is 0.468 e. The van der Waals surface area contributed by atoms with Crippen LogP contribution in [-0.2, 0) is 19.1 Å². The summed E-state index contributed by atoms with van der Waals surface area (Å²) >= 11 is 0. The molecule has 4 nitrogen and oxygen atoms in total. The molecule has 0 aromatic heterocycles. The zero-order valence-electron chi connectivity index (χ0n) is 8.25. The van der Waals surface area contributed by atoms with Gasteiger partial charge in [-0.05, 0) is 6.42 Å². The SMILES string of the molecule is C=CC[C@]1(C(=O)OC)COCCC1=O. The van der Waals surface area contributed by atoms with Crippen LogP contribution in [0.5, 0.6) is 0 Å². The van der Waals surface area contributed by atoms with E-state index in [-0.39, 0.29) is 25.2 Å². The van der Waals surface area contributed by atoms with Crippen molar-refractivity contribution in [3.8, 4) is 0 Å². The van der Waals surface area contributed by atoms with E-state index in [9.17, 15) is 9.59 Å². The van der Waals surface area contributed by atoms with E-state index in [1.807, 2.05) is 0 Å². The average molecular weight is 198 g/mol. The molecule has 1 rings (SSSR count). The molecule has 0 amide bonds. The van der Waals surface area contributed by atoms with Gasteiger partial charge in [0.05, 0.1) is 20.3 Å². The molecule has 0 bridgehead atoms. The van der Waals surface area contributed by atoms with Crippen molar-refractivity contribution in [1.82, 2.24) is 0 Å². The Morgan fingerprint density at radius 1 is 1.79 bits per heavy atom. The zero-order chi connectivity index (χ0) is 10.6. The molecule has 1 aliphatic heterocycles. The second kappa shape index (κ2) is 4.37. The fourth-order valence-electron chi connectivity index (χ4n) is 1.60. The molecule has 0 radical (unpaired) electrons. The Morgan fingerprint density at radius 2 is 2.50 bits per heavy atom. The van der Waals surface area contributed by atoms with Crippen molar-refractivity contribution in [1.29, 1.82) is 0 Å². The molecule has 0 spiro atoms. The maximum absolute atomic E-state index is 11.7. The number of methoxy groups -OCH3 is 1. The van der Waals surface area contributed by atoms with Crippen LogP contribution in [0.2, 0.25) is 0 Å². The number of ketones is 1. The summed E-state index contributed by atoms with van der Waals surface area (Å²) in [5.74, 6) is -0.641. The highest BCUT2D eigenvalue weighted by Gasteiger charge is 2.47. The molecule has 0 aliphatic carbocycles. The van der Waals surface area contributed by atoms with Gasteiger partial charge in [0.1, 0.15) is 0 Å². The number of hydrogen-bond acceptors (Lipinski definition) is 4. The first-order valence-electron chi connectivity index (χ1n) is 4.48. The predicted molar refractivity (Wildman–Crippen MR) is 49.7 cm³/mol. The van der Waals surface area contributed by atoms with Crippen molar-refractivity contribution in [3.63, 3.8) is 0 Å². The number of carbonyl (C=O) groups excluding carboxylic acids is 2. The second-order valence-electron chi connectivity index (χ2n) is 3.29. The van der Waals surface area contributed by atoms with Crippen LogP contribution in [0, 0.1) is 5.41 Å². The summed E-state index contributed by atoms with van der Waals surface area (Å²) in [4.78, 5) is 23.2. The van der Waals surface area contributed by atoms with Crippen LogP contribution in [0.4, 0.5) is 0 Å². The lowest BCUT2D eigenvalue weighted by atomic mass is 9.78. The van der Waals surface area contributed by atoms with Crippen molar-refractivity contribution in [3.05, 3.63) is 12.7 Å². The van der Waals surface area contributed by atoms with Gasteiger partial charge in [-0.25, -0.2) is 0 Å². The summed E-state index contributed by atoms with van der Waals surface area (Å²) in [5, 5.41) is 0. The second-order valence-corrected chi connectivity index (χ2v) is 3.29. The first kappa shape index (κ1) is 10.9. The quantitative estimate of drug-likeness (QED) is 0.381. The molecule has 0 saturated carbocycles. The summed E-state index contributed by atoms with van der Waals surface area (Å²) in [7, 11) is 1.27. The van der Waals surface area contributed by atoms with Crippen LogP contribution in [0.1, 0.15) is 12.8 Å². The Bertz CT molecular complexity index is 249. The van der Waals surface area contributed by atoms with Crippen LogP contribution in [0.25, 0.3) is 0 Å². The molecule has 1 atom stereocenters. The molecular weight excluding hydrogens is 184 g/mol. The lowest BCUT2D eigenvalue weighted by Crippen LogP contribution is -2.47. The van der Waals surface area contributed by atoms with E-state index in [2.05, 4.69) is 11.3 Å². The molecule has 14 heavy (non-hydrogen) atoms. The molecule has 0 unspecified atom stereocenters. The van der Waals surface area contributed by atoms with Crippen LogP contribution >= 0.6 is 0 Å². The maximum Gasteiger partial charge on any atom is 0.322 e. The Morgan fingerprint density at radius 3 is 3.00 bits per heavy atom. The summed E-state index contributed by atoms with van der Waals surface area (Å²) in [6, 6.07) is 0. The number of ether oxygens (including phenoxy) is 2. The lowest BCUT2D eigenvalue weighted by Gasteiger charge is -2.31. The molecule has 0 aromatic rings. The Labute approximate surface area is 82.9 Å². The van der Waals surface area contributed by atoms with Crippen LogP contribution in [0.3, 0.4) is 0 Å². The maximum atomic E-state index is 11.7. The first-order chi connectivity index (χ1) is 6.67. The predicted octanol–water partition coefficient (Wildman–Crippen LogP) is 0.711. The van der Waals surface area contributed by atoms with Gasteiger partial charge < -0.3 is 9.47 Å². The standard InChI is InChI=1S/C10H14O4/c1-3-5-10(9(12)13-2)7-14-6-4-8(10)11/h3H,1,4-7H2,2H3/t10-/m0/s1. The number of allylic oxidation sites excluding steroid dienone is 1. The van der Waals surface area contributed by atoms with E-state index in [4.69, 9.17) is 4.74 Å². The molecule has 1 heterocycles.